The number of rotatable bonds is 3. The van der Waals surface area contributed by atoms with Gasteiger partial charge in [-0.15, -0.1) is 0 Å². The number of aryl methyl sites for hydroxylation is 1. The highest BCUT2D eigenvalue weighted by Gasteiger charge is 2.36. The number of halogens is 3. The average Bonchev–Trinajstić information content (AvgIpc) is 2.59. The molecule has 27 heavy (non-hydrogen) atoms. The van der Waals surface area contributed by atoms with Gasteiger partial charge in [0.05, 0.1) is 20.9 Å². The quantitative estimate of drug-likeness (QED) is 0.486. The molecule has 0 N–H and O–H groups in total. The van der Waals surface area contributed by atoms with Crippen LogP contribution in [0.3, 0.4) is 0 Å². The van der Waals surface area contributed by atoms with Crippen LogP contribution < -0.4 is 0 Å². The fourth-order valence-corrected chi connectivity index (χ4v) is 4.19. The molecule has 2 aromatic carbocycles. The van der Waals surface area contributed by atoms with Gasteiger partial charge in [-0.05, 0) is 31.2 Å². The number of aromatic nitrogens is 1. The summed E-state index contributed by atoms with van der Waals surface area (Å²) < 4.78 is 64.6. The number of hydrogen-bond donors (Lipinski definition) is 0. The lowest BCUT2D eigenvalue weighted by Gasteiger charge is -2.11. The van der Waals surface area contributed by atoms with E-state index in [0.29, 0.717) is 23.2 Å². The SMILES string of the molecule is Cc1ccc2cccc(S(=O)(=O)c3ccc(C(F)(F)F)cc3[N+](=O)[O-])c2n1. The zero-order valence-electron chi connectivity index (χ0n) is 13.7. The fraction of sp³-hybridized carbons (Fsp3) is 0.118. The lowest BCUT2D eigenvalue weighted by atomic mass is 10.2. The van der Waals surface area contributed by atoms with Crippen molar-refractivity contribution in [3.63, 3.8) is 0 Å². The zero-order chi connectivity index (χ0) is 20.0. The van der Waals surface area contributed by atoms with Gasteiger partial charge in [0.15, 0.2) is 0 Å². The first-order chi connectivity index (χ1) is 12.5. The molecule has 0 aliphatic heterocycles. The van der Waals surface area contributed by atoms with Gasteiger partial charge in [-0.25, -0.2) is 8.42 Å². The number of sulfone groups is 1. The van der Waals surface area contributed by atoms with E-state index >= 15 is 0 Å². The van der Waals surface area contributed by atoms with Crippen molar-refractivity contribution in [1.82, 2.24) is 4.98 Å². The minimum Gasteiger partial charge on any atom is -0.258 e. The predicted molar refractivity (Wildman–Crippen MR) is 90.0 cm³/mol. The second kappa shape index (κ2) is 6.31. The van der Waals surface area contributed by atoms with E-state index in [1.165, 1.54) is 12.1 Å². The molecule has 0 fully saturated rings. The third-order valence-electron chi connectivity index (χ3n) is 3.88. The molecule has 1 heterocycles. The number of pyridine rings is 1. The maximum absolute atomic E-state index is 13.0. The van der Waals surface area contributed by atoms with Crippen LogP contribution in [0.15, 0.2) is 58.3 Å². The zero-order valence-corrected chi connectivity index (χ0v) is 14.5. The Kier molecular flexibility index (Phi) is 4.38. The van der Waals surface area contributed by atoms with E-state index in [9.17, 15) is 31.7 Å². The van der Waals surface area contributed by atoms with Crippen molar-refractivity contribution in [3.05, 3.63) is 69.9 Å². The minimum absolute atomic E-state index is 0.0895. The van der Waals surface area contributed by atoms with E-state index in [0.717, 1.165) is 0 Å². The predicted octanol–water partition coefficient (Wildman–Crippen LogP) is 4.30. The van der Waals surface area contributed by atoms with Crippen molar-refractivity contribution < 1.29 is 26.5 Å². The monoisotopic (exact) mass is 396 g/mol. The number of nitro groups is 1. The summed E-state index contributed by atoms with van der Waals surface area (Å²) in [5.74, 6) is 0. The van der Waals surface area contributed by atoms with Gasteiger partial charge in [-0.1, -0.05) is 18.2 Å². The minimum atomic E-state index is -4.84. The maximum Gasteiger partial charge on any atom is 0.416 e. The number of nitrogens with zero attached hydrogens (tertiary/aromatic N) is 2. The number of fused-ring (bicyclic) bond motifs is 1. The Bertz CT molecular complexity index is 1170. The van der Waals surface area contributed by atoms with Gasteiger partial charge in [-0.2, -0.15) is 13.2 Å². The first-order valence-electron chi connectivity index (χ1n) is 7.49. The van der Waals surface area contributed by atoms with Gasteiger partial charge in [-0.3, -0.25) is 15.1 Å². The van der Waals surface area contributed by atoms with Crippen molar-refractivity contribution in [3.8, 4) is 0 Å². The van der Waals surface area contributed by atoms with Crippen molar-refractivity contribution in [1.29, 1.82) is 0 Å². The summed E-state index contributed by atoms with van der Waals surface area (Å²) in [6.07, 6.45) is -4.84. The van der Waals surface area contributed by atoms with Crippen LogP contribution in [-0.2, 0) is 16.0 Å². The summed E-state index contributed by atoms with van der Waals surface area (Å²) in [5.41, 5.74) is -1.84. The summed E-state index contributed by atoms with van der Waals surface area (Å²) in [7, 11) is -4.49. The molecular formula is C17H11F3N2O4S. The van der Waals surface area contributed by atoms with Crippen molar-refractivity contribution in [2.24, 2.45) is 0 Å². The molecule has 140 valence electrons. The lowest BCUT2D eigenvalue weighted by Crippen LogP contribution is -2.10. The molecule has 0 saturated heterocycles. The standard InChI is InChI=1S/C17H11F3N2O4S/c1-10-5-6-11-3-2-4-15(16(11)21-10)27(25,26)14-8-7-12(17(18,19)20)9-13(14)22(23)24/h2-9H,1H3. The highest BCUT2D eigenvalue weighted by atomic mass is 32.2. The van der Waals surface area contributed by atoms with E-state index in [1.807, 2.05) is 0 Å². The number of nitro benzene ring substituents is 1. The molecule has 10 heteroatoms. The molecule has 0 bridgehead atoms. The average molecular weight is 396 g/mol. The van der Waals surface area contributed by atoms with E-state index in [1.54, 1.807) is 25.1 Å². The van der Waals surface area contributed by atoms with Crippen LogP contribution in [0.1, 0.15) is 11.3 Å². The van der Waals surface area contributed by atoms with Gasteiger partial charge in [0.25, 0.3) is 5.69 Å². The summed E-state index contributed by atoms with van der Waals surface area (Å²) >= 11 is 0. The Hall–Kier alpha value is -3.01. The van der Waals surface area contributed by atoms with Crippen LogP contribution in [-0.4, -0.2) is 18.3 Å². The molecule has 1 aromatic heterocycles. The lowest BCUT2D eigenvalue weighted by molar-refractivity contribution is -0.388. The molecule has 0 aliphatic carbocycles. The molecule has 0 unspecified atom stereocenters. The second-order valence-electron chi connectivity index (χ2n) is 5.72. The summed E-state index contributed by atoms with van der Waals surface area (Å²) in [6, 6.07) is 8.89. The topological polar surface area (TPSA) is 90.2 Å². The fourth-order valence-electron chi connectivity index (χ4n) is 2.62. The van der Waals surface area contributed by atoms with E-state index < -0.39 is 37.1 Å². The first-order valence-corrected chi connectivity index (χ1v) is 8.97. The van der Waals surface area contributed by atoms with Crippen LogP contribution in [0, 0.1) is 17.0 Å². The van der Waals surface area contributed by atoms with Crippen LogP contribution in [0.5, 0.6) is 0 Å². The molecule has 0 atom stereocenters. The Morgan fingerprint density at radius 3 is 2.37 bits per heavy atom. The Morgan fingerprint density at radius 1 is 1.04 bits per heavy atom. The van der Waals surface area contributed by atoms with E-state index in [-0.39, 0.29) is 16.5 Å². The van der Waals surface area contributed by atoms with Crippen LogP contribution in [0.2, 0.25) is 0 Å². The third kappa shape index (κ3) is 3.35. The molecule has 0 amide bonds. The molecule has 0 aliphatic rings. The largest absolute Gasteiger partial charge is 0.416 e. The molecule has 0 saturated carbocycles. The Balaban J connectivity index is 2.31. The molecule has 3 rings (SSSR count). The van der Waals surface area contributed by atoms with Gasteiger partial charge < -0.3 is 0 Å². The maximum atomic E-state index is 13.0. The second-order valence-corrected chi connectivity index (χ2v) is 7.61. The normalized spacial score (nSPS) is 12.3. The van der Waals surface area contributed by atoms with Crippen LogP contribution in [0.4, 0.5) is 18.9 Å². The van der Waals surface area contributed by atoms with Gasteiger partial charge in [0.1, 0.15) is 4.90 Å². The molecular weight excluding hydrogens is 385 g/mol. The van der Waals surface area contributed by atoms with Crippen molar-refractivity contribution in [2.45, 2.75) is 22.9 Å². The summed E-state index contributed by atoms with van der Waals surface area (Å²) in [6.45, 7) is 1.64. The van der Waals surface area contributed by atoms with Gasteiger partial charge in [0.2, 0.25) is 9.84 Å². The van der Waals surface area contributed by atoms with Crippen LogP contribution >= 0.6 is 0 Å². The number of alkyl halides is 3. The van der Waals surface area contributed by atoms with Gasteiger partial charge in [0, 0.05) is 17.1 Å². The first kappa shape index (κ1) is 18.8. The molecule has 0 radical (unpaired) electrons. The van der Waals surface area contributed by atoms with E-state index in [2.05, 4.69) is 4.98 Å². The molecule has 6 nitrogen and oxygen atoms in total. The summed E-state index contributed by atoms with van der Waals surface area (Å²) in [5, 5.41) is 11.7. The van der Waals surface area contributed by atoms with Crippen molar-refractivity contribution >= 4 is 26.4 Å². The van der Waals surface area contributed by atoms with Crippen molar-refractivity contribution in [2.75, 3.05) is 0 Å². The number of benzene rings is 2. The van der Waals surface area contributed by atoms with Gasteiger partial charge >= 0.3 is 6.18 Å². The van der Waals surface area contributed by atoms with E-state index in [4.69, 9.17) is 0 Å². The third-order valence-corrected chi connectivity index (χ3v) is 5.72. The Labute approximate surface area is 151 Å². The highest BCUT2D eigenvalue weighted by Crippen LogP contribution is 2.37. The number of hydrogen-bond acceptors (Lipinski definition) is 5. The Morgan fingerprint density at radius 2 is 1.74 bits per heavy atom. The highest BCUT2D eigenvalue weighted by molar-refractivity contribution is 7.91. The molecule has 0 spiro atoms. The van der Waals surface area contributed by atoms with Crippen LogP contribution in [0.25, 0.3) is 10.9 Å². The molecule has 3 aromatic rings. The number of para-hydroxylation sites is 1. The summed E-state index contributed by atoms with van der Waals surface area (Å²) in [4.78, 5) is 13.1. The smallest absolute Gasteiger partial charge is 0.258 e.